The highest BCUT2D eigenvalue weighted by Gasteiger charge is 2.50. The maximum absolute atomic E-state index is 12.9. The zero-order chi connectivity index (χ0) is 20.1. The van der Waals surface area contributed by atoms with E-state index in [9.17, 15) is 9.59 Å². The molecule has 148 valence electrons. The van der Waals surface area contributed by atoms with Crippen LogP contribution in [0, 0.1) is 5.92 Å². The number of Topliss-reactive ketones (excluding diaryl/α,β-unsaturated/α-hetero) is 1. The number of hydrogen-bond acceptors (Lipinski definition) is 4. The van der Waals surface area contributed by atoms with Crippen LogP contribution in [-0.4, -0.2) is 37.0 Å². The van der Waals surface area contributed by atoms with Crippen LogP contribution in [0.1, 0.15) is 25.0 Å². The summed E-state index contributed by atoms with van der Waals surface area (Å²) in [7, 11) is 1.62. The Balaban J connectivity index is 1.66. The second-order valence-electron chi connectivity index (χ2n) is 7.59. The molecule has 1 aliphatic rings. The van der Waals surface area contributed by atoms with Gasteiger partial charge < -0.3 is 14.8 Å². The summed E-state index contributed by atoms with van der Waals surface area (Å²) in [5, 5.41) is 2.96. The van der Waals surface area contributed by atoms with Gasteiger partial charge in [-0.1, -0.05) is 49.4 Å². The fourth-order valence-electron chi connectivity index (χ4n) is 3.20. The van der Waals surface area contributed by atoms with Gasteiger partial charge in [-0.3, -0.25) is 9.59 Å². The van der Waals surface area contributed by atoms with Crippen LogP contribution in [-0.2, 0) is 27.2 Å². The molecular formula is C23H27NO4. The maximum atomic E-state index is 12.9. The summed E-state index contributed by atoms with van der Waals surface area (Å²) in [6, 6.07) is 16.8. The highest BCUT2D eigenvalue weighted by molar-refractivity contribution is 5.97. The van der Waals surface area contributed by atoms with Crippen LogP contribution >= 0.6 is 0 Å². The van der Waals surface area contributed by atoms with Crippen LogP contribution in [0.4, 0.5) is 0 Å². The minimum absolute atomic E-state index is 0.0682. The van der Waals surface area contributed by atoms with Crippen LogP contribution in [0.3, 0.4) is 0 Å². The number of methoxy groups -OCH3 is 1. The first kappa shape index (κ1) is 20.1. The second-order valence-corrected chi connectivity index (χ2v) is 7.59. The van der Waals surface area contributed by atoms with Gasteiger partial charge in [0.15, 0.2) is 5.78 Å². The van der Waals surface area contributed by atoms with E-state index in [-0.39, 0.29) is 17.6 Å². The number of carbonyl (C=O) groups is 2. The Hall–Kier alpha value is -2.66. The topological polar surface area (TPSA) is 67.9 Å². The highest BCUT2D eigenvalue weighted by Crippen LogP contribution is 2.29. The van der Waals surface area contributed by atoms with E-state index in [1.807, 2.05) is 61.5 Å². The smallest absolute Gasteiger partial charge is 0.223 e. The molecule has 1 aliphatic heterocycles. The molecule has 0 aliphatic carbocycles. The predicted octanol–water partition coefficient (Wildman–Crippen LogP) is 2.96. The third kappa shape index (κ3) is 4.98. The monoisotopic (exact) mass is 381 g/mol. The van der Waals surface area contributed by atoms with Gasteiger partial charge in [-0.05, 0) is 43.0 Å². The summed E-state index contributed by atoms with van der Waals surface area (Å²) < 4.78 is 10.5. The standard InChI is InChI=1S/C23H27NO4/c1-16(13-18-9-11-19(27-3)12-10-18)22(26)24-20(21(25)23(2)15-28-23)14-17-7-5-4-6-8-17/h4-12,16,20H,13-15H2,1-3H3,(H,24,26). The van der Waals surface area contributed by atoms with E-state index in [4.69, 9.17) is 9.47 Å². The van der Waals surface area contributed by atoms with Crippen LogP contribution in [0.25, 0.3) is 0 Å². The lowest BCUT2D eigenvalue weighted by Crippen LogP contribution is -2.49. The van der Waals surface area contributed by atoms with Gasteiger partial charge in [0.1, 0.15) is 11.4 Å². The Morgan fingerprint density at radius 1 is 1.07 bits per heavy atom. The van der Waals surface area contributed by atoms with Crippen molar-refractivity contribution in [3.63, 3.8) is 0 Å². The van der Waals surface area contributed by atoms with Gasteiger partial charge in [0.2, 0.25) is 5.91 Å². The number of rotatable bonds is 9. The normalized spacial score (nSPS) is 20.1. The molecule has 1 heterocycles. The Labute approximate surface area is 166 Å². The molecule has 28 heavy (non-hydrogen) atoms. The molecule has 0 bridgehead atoms. The molecule has 1 fully saturated rings. The number of benzene rings is 2. The number of ether oxygens (including phenoxy) is 2. The Morgan fingerprint density at radius 2 is 1.68 bits per heavy atom. The third-order valence-electron chi connectivity index (χ3n) is 5.16. The first-order chi connectivity index (χ1) is 13.4. The van der Waals surface area contributed by atoms with Crippen molar-refractivity contribution in [2.75, 3.05) is 13.7 Å². The van der Waals surface area contributed by atoms with Crippen molar-refractivity contribution in [1.82, 2.24) is 5.32 Å². The molecule has 2 aromatic carbocycles. The van der Waals surface area contributed by atoms with Crippen molar-refractivity contribution < 1.29 is 19.1 Å². The van der Waals surface area contributed by atoms with Crippen molar-refractivity contribution in [3.8, 4) is 5.75 Å². The molecule has 5 heteroatoms. The first-order valence-electron chi connectivity index (χ1n) is 9.57. The van der Waals surface area contributed by atoms with Gasteiger partial charge in [-0.25, -0.2) is 0 Å². The maximum Gasteiger partial charge on any atom is 0.223 e. The summed E-state index contributed by atoms with van der Waals surface area (Å²) in [5.41, 5.74) is 1.28. The lowest BCUT2D eigenvalue weighted by Gasteiger charge is -2.22. The molecule has 3 rings (SSSR count). The summed E-state index contributed by atoms with van der Waals surface area (Å²) in [5.74, 6) is 0.329. The lowest BCUT2D eigenvalue weighted by atomic mass is 9.93. The zero-order valence-electron chi connectivity index (χ0n) is 16.6. The van der Waals surface area contributed by atoms with Crippen LogP contribution in [0.5, 0.6) is 5.75 Å². The number of hydrogen-bond donors (Lipinski definition) is 1. The Kier molecular flexibility index (Phi) is 6.15. The highest BCUT2D eigenvalue weighted by atomic mass is 16.6. The van der Waals surface area contributed by atoms with Crippen LogP contribution in [0.2, 0.25) is 0 Å². The molecule has 1 saturated heterocycles. The molecule has 3 unspecified atom stereocenters. The average Bonchev–Trinajstić information content (AvgIpc) is 3.46. The molecule has 0 saturated carbocycles. The third-order valence-corrected chi connectivity index (χ3v) is 5.16. The molecule has 0 radical (unpaired) electrons. The molecule has 2 aromatic rings. The van der Waals surface area contributed by atoms with Crippen LogP contribution in [0.15, 0.2) is 54.6 Å². The second kappa shape index (κ2) is 8.57. The van der Waals surface area contributed by atoms with Gasteiger partial charge in [-0.2, -0.15) is 0 Å². The molecule has 5 nitrogen and oxygen atoms in total. The number of carbonyl (C=O) groups excluding carboxylic acids is 2. The van der Waals surface area contributed by atoms with Crippen molar-refractivity contribution >= 4 is 11.7 Å². The van der Waals surface area contributed by atoms with E-state index >= 15 is 0 Å². The number of amides is 1. The quantitative estimate of drug-likeness (QED) is 0.678. The fourth-order valence-corrected chi connectivity index (χ4v) is 3.20. The fraction of sp³-hybridized carbons (Fsp3) is 0.391. The molecule has 3 atom stereocenters. The summed E-state index contributed by atoms with van der Waals surface area (Å²) >= 11 is 0. The van der Waals surface area contributed by atoms with Gasteiger partial charge in [0, 0.05) is 5.92 Å². The molecule has 0 aromatic heterocycles. The molecule has 0 spiro atoms. The van der Waals surface area contributed by atoms with Crippen LogP contribution < -0.4 is 10.1 Å². The van der Waals surface area contributed by atoms with E-state index in [0.29, 0.717) is 19.4 Å². The van der Waals surface area contributed by atoms with E-state index in [0.717, 1.165) is 16.9 Å². The Morgan fingerprint density at radius 3 is 2.25 bits per heavy atom. The summed E-state index contributed by atoms with van der Waals surface area (Å²) in [6.07, 6.45) is 1.05. The van der Waals surface area contributed by atoms with Gasteiger partial charge in [-0.15, -0.1) is 0 Å². The van der Waals surface area contributed by atoms with E-state index in [2.05, 4.69) is 5.32 Å². The molecule has 1 amide bonds. The molecule has 1 N–H and O–H groups in total. The van der Waals surface area contributed by atoms with Crippen molar-refractivity contribution in [2.45, 2.75) is 38.3 Å². The Bertz CT molecular complexity index is 812. The minimum Gasteiger partial charge on any atom is -0.497 e. The lowest BCUT2D eigenvalue weighted by molar-refractivity contribution is -0.132. The van der Waals surface area contributed by atoms with Gasteiger partial charge in [0.25, 0.3) is 0 Å². The zero-order valence-corrected chi connectivity index (χ0v) is 16.6. The first-order valence-corrected chi connectivity index (χ1v) is 9.57. The van der Waals surface area contributed by atoms with E-state index in [1.54, 1.807) is 14.0 Å². The molecular weight excluding hydrogens is 354 g/mol. The van der Waals surface area contributed by atoms with Gasteiger partial charge in [0.05, 0.1) is 19.8 Å². The number of ketones is 1. The van der Waals surface area contributed by atoms with E-state index in [1.165, 1.54) is 0 Å². The largest absolute Gasteiger partial charge is 0.497 e. The van der Waals surface area contributed by atoms with Crippen molar-refractivity contribution in [2.24, 2.45) is 5.92 Å². The van der Waals surface area contributed by atoms with Gasteiger partial charge >= 0.3 is 0 Å². The van der Waals surface area contributed by atoms with Crippen molar-refractivity contribution in [1.29, 1.82) is 0 Å². The van der Waals surface area contributed by atoms with Crippen molar-refractivity contribution in [3.05, 3.63) is 65.7 Å². The minimum atomic E-state index is -0.772. The SMILES string of the molecule is COc1ccc(CC(C)C(=O)NC(Cc2ccccc2)C(=O)C2(C)CO2)cc1. The average molecular weight is 381 g/mol. The number of epoxide rings is 1. The number of nitrogens with one attached hydrogen (secondary N) is 1. The predicted molar refractivity (Wildman–Crippen MR) is 107 cm³/mol. The summed E-state index contributed by atoms with van der Waals surface area (Å²) in [6.45, 7) is 4.06. The summed E-state index contributed by atoms with van der Waals surface area (Å²) in [4.78, 5) is 25.7. The van der Waals surface area contributed by atoms with E-state index < -0.39 is 11.6 Å².